The highest BCUT2D eigenvalue weighted by atomic mass is 16.3. The molecule has 0 fully saturated rings. The number of hydrogen-bond acceptors (Lipinski definition) is 3. The maximum absolute atomic E-state index is 9.78. The molecule has 2 atom stereocenters. The van der Waals surface area contributed by atoms with Gasteiger partial charge in [0.15, 0.2) is 0 Å². The molecule has 1 aromatic rings. The fourth-order valence-corrected chi connectivity index (χ4v) is 1.51. The molecule has 3 heteroatoms. The Labute approximate surface area is 97.0 Å². The van der Waals surface area contributed by atoms with Crippen LogP contribution in [0.3, 0.4) is 0 Å². The molecule has 0 heterocycles. The molecule has 0 aliphatic heterocycles. The molecule has 0 unspecified atom stereocenters. The summed E-state index contributed by atoms with van der Waals surface area (Å²) in [6.07, 6.45) is 1.92. The lowest BCUT2D eigenvalue weighted by atomic mass is 10.0. The lowest BCUT2D eigenvalue weighted by molar-refractivity contribution is 0.143. The Bertz CT molecular complexity index is 300. The van der Waals surface area contributed by atoms with Gasteiger partial charge in [0, 0.05) is 19.1 Å². The Hall–Kier alpha value is -1.16. The average molecular weight is 220 g/mol. The van der Waals surface area contributed by atoms with Gasteiger partial charge in [-0.25, -0.2) is 0 Å². The number of rotatable bonds is 7. The van der Waals surface area contributed by atoms with Crippen LogP contribution < -0.4 is 11.1 Å². The van der Waals surface area contributed by atoms with Crippen LogP contribution in [0.2, 0.25) is 0 Å². The molecule has 0 spiro atoms. The smallest absolute Gasteiger partial charge is 0.0818 e. The SMILES string of the molecule is C=CCNC[C@@H](O)[C@@H](N)Cc1ccccc1. The maximum atomic E-state index is 9.78. The minimum atomic E-state index is -0.528. The van der Waals surface area contributed by atoms with Crippen molar-refractivity contribution in [2.75, 3.05) is 13.1 Å². The van der Waals surface area contributed by atoms with Crippen molar-refractivity contribution in [3.05, 3.63) is 48.6 Å². The van der Waals surface area contributed by atoms with Crippen molar-refractivity contribution in [1.29, 1.82) is 0 Å². The van der Waals surface area contributed by atoms with Crippen LogP contribution in [0.5, 0.6) is 0 Å². The van der Waals surface area contributed by atoms with Crippen LogP contribution >= 0.6 is 0 Å². The van der Waals surface area contributed by atoms with E-state index in [0.717, 1.165) is 5.56 Å². The molecule has 0 bridgehead atoms. The van der Waals surface area contributed by atoms with E-state index in [1.807, 2.05) is 30.3 Å². The predicted molar refractivity (Wildman–Crippen MR) is 67.2 cm³/mol. The summed E-state index contributed by atoms with van der Waals surface area (Å²) in [4.78, 5) is 0. The largest absolute Gasteiger partial charge is 0.390 e. The molecule has 88 valence electrons. The zero-order valence-corrected chi connectivity index (χ0v) is 9.47. The van der Waals surface area contributed by atoms with Crippen molar-refractivity contribution in [3.8, 4) is 0 Å². The maximum Gasteiger partial charge on any atom is 0.0818 e. The first-order valence-corrected chi connectivity index (χ1v) is 5.53. The molecule has 0 aliphatic carbocycles. The van der Waals surface area contributed by atoms with Gasteiger partial charge in [-0.1, -0.05) is 36.4 Å². The van der Waals surface area contributed by atoms with E-state index in [1.165, 1.54) is 0 Å². The number of benzene rings is 1. The van der Waals surface area contributed by atoms with Gasteiger partial charge in [-0.15, -0.1) is 6.58 Å². The van der Waals surface area contributed by atoms with Crippen molar-refractivity contribution in [3.63, 3.8) is 0 Å². The fourth-order valence-electron chi connectivity index (χ4n) is 1.51. The topological polar surface area (TPSA) is 58.3 Å². The van der Waals surface area contributed by atoms with Crippen LogP contribution in [-0.2, 0) is 6.42 Å². The van der Waals surface area contributed by atoms with Crippen LogP contribution in [0.15, 0.2) is 43.0 Å². The van der Waals surface area contributed by atoms with Gasteiger partial charge in [0.25, 0.3) is 0 Å². The molecule has 1 rings (SSSR count). The van der Waals surface area contributed by atoms with Gasteiger partial charge in [0.05, 0.1) is 6.10 Å². The first-order chi connectivity index (χ1) is 7.74. The van der Waals surface area contributed by atoms with Gasteiger partial charge in [-0.05, 0) is 12.0 Å². The van der Waals surface area contributed by atoms with Gasteiger partial charge < -0.3 is 16.2 Å². The van der Waals surface area contributed by atoms with Crippen molar-refractivity contribution >= 4 is 0 Å². The third kappa shape index (κ3) is 4.57. The van der Waals surface area contributed by atoms with Gasteiger partial charge >= 0.3 is 0 Å². The summed E-state index contributed by atoms with van der Waals surface area (Å²) in [7, 11) is 0. The summed E-state index contributed by atoms with van der Waals surface area (Å²) in [5.41, 5.74) is 7.07. The highest BCUT2D eigenvalue weighted by Gasteiger charge is 2.14. The molecule has 1 aromatic carbocycles. The second-order valence-electron chi connectivity index (χ2n) is 3.87. The second kappa shape index (κ2) is 7.17. The number of aliphatic hydroxyl groups is 1. The minimum absolute atomic E-state index is 0.236. The summed E-state index contributed by atoms with van der Waals surface area (Å²) < 4.78 is 0. The lowest BCUT2D eigenvalue weighted by Gasteiger charge is -2.19. The third-order valence-corrected chi connectivity index (χ3v) is 2.45. The van der Waals surface area contributed by atoms with E-state index in [-0.39, 0.29) is 6.04 Å². The van der Waals surface area contributed by atoms with E-state index in [9.17, 15) is 5.11 Å². The van der Waals surface area contributed by atoms with E-state index < -0.39 is 6.10 Å². The summed E-state index contributed by atoms with van der Waals surface area (Å²) in [5, 5.41) is 12.8. The zero-order chi connectivity index (χ0) is 11.8. The first kappa shape index (κ1) is 12.9. The third-order valence-electron chi connectivity index (χ3n) is 2.45. The Morgan fingerprint density at radius 2 is 2.06 bits per heavy atom. The van der Waals surface area contributed by atoms with Crippen LogP contribution in [0.1, 0.15) is 5.56 Å². The summed E-state index contributed by atoms with van der Waals surface area (Å²) in [6.45, 7) is 4.78. The molecule has 0 aliphatic rings. The molecule has 3 nitrogen and oxygen atoms in total. The van der Waals surface area contributed by atoms with Crippen LogP contribution in [0.25, 0.3) is 0 Å². The summed E-state index contributed by atoms with van der Waals surface area (Å²) in [5.74, 6) is 0. The van der Waals surface area contributed by atoms with Crippen LogP contribution in [0, 0.1) is 0 Å². The molecule has 0 aromatic heterocycles. The van der Waals surface area contributed by atoms with Crippen LogP contribution in [0.4, 0.5) is 0 Å². The standard InChI is InChI=1S/C13H20N2O/c1-2-8-15-10-13(16)12(14)9-11-6-4-3-5-7-11/h2-7,12-13,15-16H,1,8-10,14H2/t12-,13+/m0/s1. The second-order valence-corrected chi connectivity index (χ2v) is 3.87. The quantitative estimate of drug-likeness (QED) is 0.468. The Balaban J connectivity index is 2.33. The monoisotopic (exact) mass is 220 g/mol. The molecule has 0 radical (unpaired) electrons. The number of nitrogens with two attached hydrogens (primary N) is 1. The molecular formula is C13H20N2O. The normalized spacial score (nSPS) is 14.4. The summed E-state index contributed by atoms with van der Waals surface area (Å²) in [6, 6.07) is 9.72. The molecule has 4 N–H and O–H groups in total. The van der Waals surface area contributed by atoms with E-state index in [0.29, 0.717) is 19.5 Å². The van der Waals surface area contributed by atoms with Gasteiger partial charge in [0.2, 0.25) is 0 Å². The van der Waals surface area contributed by atoms with Gasteiger partial charge in [-0.3, -0.25) is 0 Å². The van der Waals surface area contributed by atoms with Gasteiger partial charge in [-0.2, -0.15) is 0 Å². The van der Waals surface area contributed by atoms with Crippen molar-refractivity contribution in [2.45, 2.75) is 18.6 Å². The molecule has 0 amide bonds. The Morgan fingerprint density at radius 1 is 1.38 bits per heavy atom. The van der Waals surface area contributed by atoms with Crippen molar-refractivity contribution in [2.24, 2.45) is 5.73 Å². The number of aliphatic hydroxyl groups excluding tert-OH is 1. The van der Waals surface area contributed by atoms with E-state index in [4.69, 9.17) is 5.73 Å². The molecule has 0 saturated carbocycles. The predicted octanol–water partition coefficient (Wildman–Crippen LogP) is 0.693. The number of nitrogens with one attached hydrogen (secondary N) is 1. The molecule has 16 heavy (non-hydrogen) atoms. The highest BCUT2D eigenvalue weighted by Crippen LogP contribution is 2.04. The van der Waals surface area contributed by atoms with E-state index >= 15 is 0 Å². The highest BCUT2D eigenvalue weighted by molar-refractivity contribution is 5.16. The first-order valence-electron chi connectivity index (χ1n) is 5.53. The van der Waals surface area contributed by atoms with Crippen molar-refractivity contribution < 1.29 is 5.11 Å². The Kier molecular flexibility index (Phi) is 5.78. The number of hydrogen-bond donors (Lipinski definition) is 3. The van der Waals surface area contributed by atoms with E-state index in [1.54, 1.807) is 6.08 Å². The molecule has 0 saturated heterocycles. The van der Waals surface area contributed by atoms with E-state index in [2.05, 4.69) is 11.9 Å². The fraction of sp³-hybridized carbons (Fsp3) is 0.385. The van der Waals surface area contributed by atoms with Crippen molar-refractivity contribution in [1.82, 2.24) is 5.32 Å². The summed E-state index contributed by atoms with van der Waals surface area (Å²) >= 11 is 0. The average Bonchev–Trinajstić information content (AvgIpc) is 2.30. The van der Waals surface area contributed by atoms with Crippen LogP contribution in [-0.4, -0.2) is 30.3 Å². The molecular weight excluding hydrogens is 200 g/mol. The zero-order valence-electron chi connectivity index (χ0n) is 9.47. The minimum Gasteiger partial charge on any atom is -0.390 e. The lowest BCUT2D eigenvalue weighted by Crippen LogP contribution is -2.43. The Morgan fingerprint density at radius 3 is 2.69 bits per heavy atom. The van der Waals surface area contributed by atoms with Gasteiger partial charge in [0.1, 0.15) is 0 Å².